The molecular weight excluding hydrogens is 270 g/mol. The van der Waals surface area contributed by atoms with E-state index in [9.17, 15) is 0 Å². The minimum absolute atomic E-state index is 0. The summed E-state index contributed by atoms with van der Waals surface area (Å²) in [5.74, 6) is 0. The van der Waals surface area contributed by atoms with Crippen LogP contribution in [0.5, 0.6) is 0 Å². The second-order valence-electron chi connectivity index (χ2n) is 2.33. The molecule has 0 N–H and O–H groups in total. The van der Waals surface area contributed by atoms with E-state index in [1.54, 1.807) is 24.7 Å². The Morgan fingerprint density at radius 2 is 1.20 bits per heavy atom. The molecule has 0 aromatic carbocycles. The van der Waals surface area contributed by atoms with Gasteiger partial charge >= 0.3 is 60.4 Å². The van der Waals surface area contributed by atoms with E-state index < -0.39 is 0 Å². The Balaban J connectivity index is -0.000000163. The van der Waals surface area contributed by atoms with E-state index in [4.69, 9.17) is 0 Å². The molecule has 0 aliphatic heterocycles. The summed E-state index contributed by atoms with van der Waals surface area (Å²) in [6, 6.07) is 0. The van der Waals surface area contributed by atoms with Crippen molar-refractivity contribution in [3.63, 3.8) is 0 Å². The van der Waals surface area contributed by atoms with E-state index >= 15 is 0 Å². The summed E-state index contributed by atoms with van der Waals surface area (Å²) in [4.78, 5) is 0. The Morgan fingerprint density at radius 1 is 0.800 bits per heavy atom. The molecule has 0 aromatic rings. The van der Waals surface area contributed by atoms with Crippen molar-refractivity contribution in [1.29, 1.82) is 0 Å². The van der Waals surface area contributed by atoms with Crippen LogP contribution < -0.4 is 37.2 Å². The van der Waals surface area contributed by atoms with Gasteiger partial charge in [-0.3, -0.25) is 0 Å². The van der Waals surface area contributed by atoms with Gasteiger partial charge < -0.3 is 37.2 Å². The molecule has 0 bridgehead atoms. The van der Waals surface area contributed by atoms with Crippen molar-refractivity contribution in [3.05, 3.63) is 0 Å². The van der Waals surface area contributed by atoms with E-state index in [2.05, 4.69) is 0 Å². The SMILES string of the molecule is [Cl-].[Cl-].[Cl-].[Zr+3][CH]1CCCCC1. The molecule has 1 fully saturated rings. The summed E-state index contributed by atoms with van der Waals surface area (Å²) in [5, 5.41) is 0. The van der Waals surface area contributed by atoms with Gasteiger partial charge in [0.05, 0.1) is 0 Å². The van der Waals surface area contributed by atoms with Gasteiger partial charge in [0.1, 0.15) is 0 Å². The van der Waals surface area contributed by atoms with Gasteiger partial charge in [0.2, 0.25) is 0 Å². The number of hydrogen-bond donors (Lipinski definition) is 0. The summed E-state index contributed by atoms with van der Waals surface area (Å²) in [6.45, 7) is 0. The van der Waals surface area contributed by atoms with Crippen LogP contribution in [0.15, 0.2) is 0 Å². The van der Waals surface area contributed by atoms with E-state index in [-0.39, 0.29) is 37.2 Å². The second kappa shape index (κ2) is 10.8. The molecule has 1 saturated carbocycles. The zero-order chi connectivity index (χ0) is 5.11. The molecule has 0 spiro atoms. The predicted molar refractivity (Wildman–Crippen MR) is 26.8 cm³/mol. The van der Waals surface area contributed by atoms with Crippen LogP contribution in [0.1, 0.15) is 32.1 Å². The predicted octanol–water partition coefficient (Wildman–Crippen LogP) is -6.70. The van der Waals surface area contributed by atoms with Gasteiger partial charge in [-0.05, 0) is 0 Å². The molecule has 1 aliphatic carbocycles. The van der Waals surface area contributed by atoms with Crippen molar-refractivity contribution >= 4 is 0 Å². The van der Waals surface area contributed by atoms with Gasteiger partial charge in [0.25, 0.3) is 0 Å². The Bertz CT molecular complexity index is 55.0. The standard InChI is InChI=1S/C6H11.3ClH.Zr/c1-2-4-6-5-3-1;;;;/h1H,2-6H2;3*1H;/q;;;;+3/p-3. The summed E-state index contributed by atoms with van der Waals surface area (Å²) in [5.41, 5.74) is 0. The Morgan fingerprint density at radius 3 is 1.40 bits per heavy atom. The summed E-state index contributed by atoms with van der Waals surface area (Å²) in [6.07, 6.45) is 7.58. The molecule has 0 saturated heterocycles. The van der Waals surface area contributed by atoms with Crippen LogP contribution in [-0.2, 0) is 24.7 Å². The van der Waals surface area contributed by atoms with E-state index in [1.165, 1.54) is 32.1 Å². The van der Waals surface area contributed by atoms with Crippen LogP contribution in [0.25, 0.3) is 0 Å². The molecule has 4 heteroatoms. The summed E-state index contributed by atoms with van der Waals surface area (Å²) < 4.78 is 1.13. The van der Waals surface area contributed by atoms with Crippen molar-refractivity contribution in [1.82, 2.24) is 0 Å². The molecule has 0 unspecified atom stereocenters. The fourth-order valence-electron chi connectivity index (χ4n) is 1.10. The normalized spacial score (nSPS) is 17.8. The Labute approximate surface area is 97.0 Å². The third-order valence-corrected chi connectivity index (χ3v) is 3.02. The van der Waals surface area contributed by atoms with Crippen LogP contribution in [-0.4, -0.2) is 0 Å². The zero-order valence-electron chi connectivity index (χ0n) is 5.75. The average molecular weight is 281 g/mol. The van der Waals surface area contributed by atoms with Crippen molar-refractivity contribution < 1.29 is 61.9 Å². The molecule has 1 rings (SSSR count). The quantitative estimate of drug-likeness (QED) is 0.414. The molecule has 0 nitrogen and oxygen atoms in total. The summed E-state index contributed by atoms with van der Waals surface area (Å²) in [7, 11) is 0. The molecule has 0 heterocycles. The Kier molecular flexibility index (Phi) is 19.1. The average Bonchev–Trinajstić information content (AvgIpc) is 1.69. The maximum atomic E-state index is 1.77. The van der Waals surface area contributed by atoms with Crippen LogP contribution in [0.3, 0.4) is 0 Å². The van der Waals surface area contributed by atoms with E-state index in [0.29, 0.717) is 0 Å². The van der Waals surface area contributed by atoms with Gasteiger partial charge in [0, 0.05) is 0 Å². The third-order valence-electron chi connectivity index (χ3n) is 1.61. The Hall–Kier alpha value is 1.75. The van der Waals surface area contributed by atoms with Gasteiger partial charge in [-0.25, -0.2) is 0 Å². The van der Waals surface area contributed by atoms with Gasteiger partial charge in [-0.15, -0.1) is 0 Å². The molecular formula is C6H11Cl3Zr. The van der Waals surface area contributed by atoms with E-state index in [1.807, 2.05) is 0 Å². The summed E-state index contributed by atoms with van der Waals surface area (Å²) >= 11 is 1.77. The maximum absolute atomic E-state index is 1.77. The molecule has 0 atom stereocenters. The molecule has 0 amide bonds. The fourth-order valence-corrected chi connectivity index (χ4v) is 2.11. The first kappa shape index (κ1) is 17.7. The first-order valence-electron chi connectivity index (χ1n) is 3.11. The van der Waals surface area contributed by atoms with Crippen LogP contribution in [0.4, 0.5) is 0 Å². The van der Waals surface area contributed by atoms with E-state index in [0.717, 1.165) is 3.63 Å². The monoisotopic (exact) mass is 278 g/mol. The molecule has 0 radical (unpaired) electrons. The van der Waals surface area contributed by atoms with Crippen LogP contribution in [0, 0.1) is 0 Å². The second-order valence-corrected chi connectivity index (χ2v) is 4.34. The number of hydrogen-bond acceptors (Lipinski definition) is 0. The van der Waals surface area contributed by atoms with Crippen molar-refractivity contribution in [2.75, 3.05) is 0 Å². The van der Waals surface area contributed by atoms with Gasteiger partial charge in [-0.1, -0.05) is 0 Å². The molecule has 10 heavy (non-hydrogen) atoms. The number of rotatable bonds is 0. The molecule has 1 aliphatic rings. The fraction of sp³-hybridized carbons (Fsp3) is 1.00. The van der Waals surface area contributed by atoms with Crippen LogP contribution in [0.2, 0.25) is 3.63 Å². The van der Waals surface area contributed by atoms with Crippen molar-refractivity contribution in [2.24, 2.45) is 0 Å². The minimum atomic E-state index is 0. The number of halogens is 3. The first-order chi connectivity index (χ1) is 3.39. The van der Waals surface area contributed by atoms with Crippen molar-refractivity contribution in [2.45, 2.75) is 35.7 Å². The topological polar surface area (TPSA) is 0 Å². The molecule has 0 aromatic heterocycles. The first-order valence-corrected chi connectivity index (χ1v) is 4.52. The van der Waals surface area contributed by atoms with Gasteiger partial charge in [-0.2, -0.15) is 0 Å². The molecule has 60 valence electrons. The van der Waals surface area contributed by atoms with Crippen LogP contribution >= 0.6 is 0 Å². The van der Waals surface area contributed by atoms with Gasteiger partial charge in [0.15, 0.2) is 0 Å². The van der Waals surface area contributed by atoms with Crippen molar-refractivity contribution in [3.8, 4) is 0 Å². The third kappa shape index (κ3) is 7.86. The zero-order valence-corrected chi connectivity index (χ0v) is 10.5.